The Morgan fingerprint density at radius 3 is 2.38 bits per heavy atom. The lowest BCUT2D eigenvalue weighted by Gasteiger charge is -2.13. The summed E-state index contributed by atoms with van der Waals surface area (Å²) < 4.78 is 62.9. The van der Waals surface area contributed by atoms with Crippen molar-refractivity contribution in [2.75, 3.05) is 4.72 Å². The largest absolute Gasteiger partial charge is 0.478 e. The van der Waals surface area contributed by atoms with Crippen molar-refractivity contribution in [1.29, 1.82) is 5.26 Å². The summed E-state index contributed by atoms with van der Waals surface area (Å²) in [7, 11) is -4.24. The van der Waals surface area contributed by atoms with Gasteiger partial charge in [-0.05, 0) is 25.1 Å². The molecule has 21 heavy (non-hydrogen) atoms. The summed E-state index contributed by atoms with van der Waals surface area (Å²) in [6, 6.07) is 2.99. The number of sulfonamides is 1. The number of nitrogens with one attached hydrogen (secondary N) is 1. The molecule has 0 saturated carbocycles. The number of hydrogen-bond donors (Lipinski definition) is 2. The molecule has 114 valence electrons. The quantitative estimate of drug-likeness (QED) is 0.882. The highest BCUT2D eigenvalue weighted by molar-refractivity contribution is 7.93. The standard InChI is InChI=1S/C11H9F3N2O4S/c1-6(5-15)21(19,20)16-9-3-7(10(17)18)2-8(4-9)11(12,13)14/h2-4,6,16H,1H3,(H,17,18). The first-order valence-electron chi connectivity index (χ1n) is 5.34. The summed E-state index contributed by atoms with van der Waals surface area (Å²) in [5.41, 5.74) is -2.62. The van der Waals surface area contributed by atoms with Gasteiger partial charge < -0.3 is 5.11 Å². The Morgan fingerprint density at radius 1 is 1.38 bits per heavy atom. The molecule has 0 aromatic heterocycles. The van der Waals surface area contributed by atoms with Gasteiger partial charge in [-0.15, -0.1) is 0 Å². The van der Waals surface area contributed by atoms with Crippen LogP contribution in [0.15, 0.2) is 18.2 Å². The number of hydrogen-bond acceptors (Lipinski definition) is 4. The molecule has 0 saturated heterocycles. The molecule has 1 aromatic carbocycles. The predicted molar refractivity (Wildman–Crippen MR) is 66.0 cm³/mol. The van der Waals surface area contributed by atoms with Gasteiger partial charge in [0.25, 0.3) is 0 Å². The average Bonchev–Trinajstić information content (AvgIpc) is 2.35. The summed E-state index contributed by atoms with van der Waals surface area (Å²) >= 11 is 0. The zero-order valence-electron chi connectivity index (χ0n) is 10.5. The van der Waals surface area contributed by atoms with Gasteiger partial charge in [-0.25, -0.2) is 13.2 Å². The van der Waals surface area contributed by atoms with Crippen LogP contribution < -0.4 is 4.72 Å². The van der Waals surface area contributed by atoms with Gasteiger partial charge in [0, 0.05) is 5.69 Å². The van der Waals surface area contributed by atoms with Crippen LogP contribution in [-0.4, -0.2) is 24.7 Å². The first-order valence-corrected chi connectivity index (χ1v) is 6.89. The molecule has 1 atom stereocenters. The van der Waals surface area contributed by atoms with Crippen molar-refractivity contribution in [2.45, 2.75) is 18.3 Å². The Hall–Kier alpha value is -2.28. The van der Waals surface area contributed by atoms with Crippen molar-refractivity contribution >= 4 is 21.7 Å². The van der Waals surface area contributed by atoms with Gasteiger partial charge in [0.05, 0.1) is 17.2 Å². The monoisotopic (exact) mass is 322 g/mol. The fourth-order valence-electron chi connectivity index (χ4n) is 1.30. The molecule has 0 amide bonds. The van der Waals surface area contributed by atoms with Gasteiger partial charge >= 0.3 is 12.1 Å². The Morgan fingerprint density at radius 2 is 1.95 bits per heavy atom. The van der Waals surface area contributed by atoms with Crippen LogP contribution in [-0.2, 0) is 16.2 Å². The molecule has 0 bridgehead atoms. The number of benzene rings is 1. The molecule has 1 rings (SSSR count). The van der Waals surface area contributed by atoms with E-state index in [1.165, 1.54) is 6.07 Å². The van der Waals surface area contributed by atoms with Crippen molar-refractivity contribution in [2.24, 2.45) is 0 Å². The fourth-order valence-corrected chi connectivity index (χ4v) is 2.06. The first kappa shape index (κ1) is 16.8. The molecule has 1 unspecified atom stereocenters. The molecule has 10 heteroatoms. The Kier molecular flexibility index (Phi) is 4.48. The lowest BCUT2D eigenvalue weighted by Crippen LogP contribution is -2.24. The van der Waals surface area contributed by atoms with Crippen LogP contribution in [0.1, 0.15) is 22.8 Å². The summed E-state index contributed by atoms with van der Waals surface area (Å²) in [5.74, 6) is -1.64. The first-order chi connectivity index (χ1) is 9.47. The van der Waals surface area contributed by atoms with Crippen LogP contribution in [0, 0.1) is 11.3 Å². The molecular formula is C11H9F3N2O4S. The summed E-state index contributed by atoms with van der Waals surface area (Å²) in [6.45, 7) is 1.04. The second-order valence-electron chi connectivity index (χ2n) is 4.02. The molecule has 0 aliphatic carbocycles. The van der Waals surface area contributed by atoms with E-state index in [2.05, 4.69) is 0 Å². The molecule has 0 heterocycles. The maximum Gasteiger partial charge on any atom is 0.416 e. The highest BCUT2D eigenvalue weighted by Gasteiger charge is 2.32. The average molecular weight is 322 g/mol. The van der Waals surface area contributed by atoms with Crippen LogP contribution in [0.3, 0.4) is 0 Å². The van der Waals surface area contributed by atoms with Gasteiger partial charge in [-0.2, -0.15) is 18.4 Å². The van der Waals surface area contributed by atoms with Crippen molar-refractivity contribution in [1.82, 2.24) is 0 Å². The molecule has 2 N–H and O–H groups in total. The summed E-state index contributed by atoms with van der Waals surface area (Å²) in [5, 5.41) is 15.8. The number of halogens is 3. The Bertz CT molecular complexity index is 707. The number of carbonyl (C=O) groups is 1. The van der Waals surface area contributed by atoms with E-state index in [9.17, 15) is 26.4 Å². The number of aromatic carboxylic acids is 1. The van der Waals surface area contributed by atoms with E-state index in [1.807, 2.05) is 0 Å². The maximum atomic E-state index is 12.6. The minimum atomic E-state index is -4.84. The number of carboxylic acids is 1. The third kappa shape index (κ3) is 4.09. The van der Waals surface area contributed by atoms with Crippen molar-refractivity contribution in [3.8, 4) is 6.07 Å². The summed E-state index contributed by atoms with van der Waals surface area (Å²) in [6.07, 6.45) is -4.84. The topological polar surface area (TPSA) is 107 Å². The molecule has 0 spiro atoms. The van der Waals surface area contributed by atoms with Crippen molar-refractivity contribution < 1.29 is 31.5 Å². The second kappa shape index (κ2) is 5.61. The number of carboxylic acid groups (broad SMARTS) is 1. The van der Waals surface area contributed by atoms with Crippen LogP contribution in [0.4, 0.5) is 18.9 Å². The van der Waals surface area contributed by atoms with Crippen LogP contribution >= 0.6 is 0 Å². The Balaban J connectivity index is 3.35. The van der Waals surface area contributed by atoms with Gasteiger partial charge in [-0.1, -0.05) is 0 Å². The van der Waals surface area contributed by atoms with Crippen molar-refractivity contribution in [3.05, 3.63) is 29.3 Å². The third-order valence-electron chi connectivity index (χ3n) is 2.41. The number of rotatable bonds is 4. The highest BCUT2D eigenvalue weighted by Crippen LogP contribution is 2.32. The van der Waals surface area contributed by atoms with E-state index in [4.69, 9.17) is 10.4 Å². The minimum absolute atomic E-state index is 0.383. The molecule has 0 aliphatic rings. The number of alkyl halides is 3. The lowest BCUT2D eigenvalue weighted by molar-refractivity contribution is -0.137. The number of anilines is 1. The fraction of sp³-hybridized carbons (Fsp3) is 0.273. The maximum absolute atomic E-state index is 12.6. The predicted octanol–water partition coefficient (Wildman–Crippen LogP) is 2.06. The number of nitrogens with zero attached hydrogens (tertiary/aromatic N) is 1. The molecule has 0 radical (unpaired) electrons. The van der Waals surface area contributed by atoms with Crippen LogP contribution in [0.2, 0.25) is 0 Å². The molecule has 1 aromatic rings. The van der Waals surface area contributed by atoms with E-state index in [-0.39, 0.29) is 0 Å². The third-order valence-corrected chi connectivity index (χ3v) is 3.97. The lowest BCUT2D eigenvalue weighted by atomic mass is 10.1. The van der Waals surface area contributed by atoms with E-state index in [0.717, 1.165) is 13.0 Å². The van der Waals surface area contributed by atoms with E-state index < -0.39 is 44.2 Å². The molecule has 0 fully saturated rings. The van der Waals surface area contributed by atoms with Crippen LogP contribution in [0.25, 0.3) is 0 Å². The zero-order chi connectivity index (χ0) is 16.4. The van der Waals surface area contributed by atoms with Crippen LogP contribution in [0.5, 0.6) is 0 Å². The molecule has 0 aliphatic heterocycles. The van der Waals surface area contributed by atoms with Crippen molar-refractivity contribution in [3.63, 3.8) is 0 Å². The van der Waals surface area contributed by atoms with Gasteiger partial charge in [-0.3, -0.25) is 4.72 Å². The molecule has 6 nitrogen and oxygen atoms in total. The number of nitriles is 1. The SMILES string of the molecule is CC(C#N)S(=O)(=O)Nc1cc(C(=O)O)cc(C(F)(F)F)c1. The zero-order valence-corrected chi connectivity index (χ0v) is 11.3. The van der Waals surface area contributed by atoms with Gasteiger partial charge in [0.2, 0.25) is 10.0 Å². The normalized spacial score (nSPS) is 13.3. The Labute approximate surface area is 117 Å². The van der Waals surface area contributed by atoms with Gasteiger partial charge in [0.1, 0.15) is 0 Å². The minimum Gasteiger partial charge on any atom is -0.478 e. The van der Waals surface area contributed by atoms with E-state index in [1.54, 1.807) is 4.72 Å². The highest BCUT2D eigenvalue weighted by atomic mass is 32.2. The smallest absolute Gasteiger partial charge is 0.416 e. The molecular weight excluding hydrogens is 313 g/mol. The van der Waals surface area contributed by atoms with E-state index >= 15 is 0 Å². The summed E-state index contributed by atoms with van der Waals surface area (Å²) in [4.78, 5) is 10.8. The van der Waals surface area contributed by atoms with E-state index in [0.29, 0.717) is 12.1 Å². The second-order valence-corrected chi connectivity index (χ2v) is 6.02. The van der Waals surface area contributed by atoms with Gasteiger partial charge in [0.15, 0.2) is 5.25 Å².